The van der Waals surface area contributed by atoms with E-state index in [1.165, 1.54) is 12.1 Å². The second-order valence-electron chi connectivity index (χ2n) is 26.6. The number of halogens is 4. The summed E-state index contributed by atoms with van der Waals surface area (Å²) in [5.41, 5.74) is 4.80. The van der Waals surface area contributed by atoms with Crippen LogP contribution < -0.4 is 10.6 Å². The number of pyridine rings is 5. The number of likely N-dealkylation sites (tertiary alicyclic amines) is 2. The predicted molar refractivity (Wildman–Crippen MR) is 340 cm³/mol. The van der Waals surface area contributed by atoms with E-state index < -0.39 is 52.0 Å². The van der Waals surface area contributed by atoms with Gasteiger partial charge < -0.3 is 30.6 Å². The summed E-state index contributed by atoms with van der Waals surface area (Å²) < 4.78 is 61.9. The summed E-state index contributed by atoms with van der Waals surface area (Å²) in [6, 6.07) is 21.9. The minimum Gasteiger partial charge on any atom is -0.390 e. The number of carbonyl (C=O) groups is 2. The third-order valence-corrected chi connectivity index (χ3v) is 19.4. The molecule has 12 rings (SSSR count). The number of aryl methyl sites for hydroxylation is 2. The van der Waals surface area contributed by atoms with E-state index in [2.05, 4.69) is 55.6 Å². The first kappa shape index (κ1) is 63.8. The van der Waals surface area contributed by atoms with Gasteiger partial charge in [0, 0.05) is 121 Å². The molecule has 0 bridgehead atoms. The zero-order chi connectivity index (χ0) is 63.5. The molecular formula is C71H81F4N11O4. The van der Waals surface area contributed by atoms with Crippen LogP contribution in [0.3, 0.4) is 0 Å². The average Bonchev–Trinajstić information content (AvgIpc) is 0.822. The van der Waals surface area contributed by atoms with Gasteiger partial charge in [0.1, 0.15) is 34.0 Å². The van der Waals surface area contributed by atoms with Crippen molar-refractivity contribution in [3.63, 3.8) is 0 Å². The molecule has 0 spiro atoms. The van der Waals surface area contributed by atoms with Crippen molar-refractivity contribution in [2.75, 3.05) is 39.3 Å². The van der Waals surface area contributed by atoms with Crippen LogP contribution in [0.1, 0.15) is 159 Å². The van der Waals surface area contributed by atoms with Gasteiger partial charge >= 0.3 is 0 Å². The van der Waals surface area contributed by atoms with Gasteiger partial charge in [-0.15, -0.1) is 0 Å². The number of hydrogen-bond donors (Lipinski definition) is 4. The molecule has 4 atom stereocenters. The normalized spacial score (nSPS) is 20.6. The van der Waals surface area contributed by atoms with Crippen LogP contribution in [0, 0.1) is 23.5 Å². The largest absolute Gasteiger partial charge is 0.390 e. The van der Waals surface area contributed by atoms with Gasteiger partial charge in [0.05, 0.1) is 47.1 Å². The molecule has 2 saturated heterocycles. The molecule has 6 aromatic heterocycles. The second-order valence-corrected chi connectivity index (χ2v) is 26.6. The van der Waals surface area contributed by atoms with Crippen LogP contribution in [0.5, 0.6) is 0 Å². The number of nitrogens with zero attached hydrogens (tertiary/aromatic N) is 9. The first-order chi connectivity index (χ1) is 43.0. The molecule has 4 N–H and O–H groups in total. The Balaban J connectivity index is 0.000000185. The standard InChI is InChI=1S/C36H41F2N5O2.C35H40F2N6O2/c1-23(2)36(38)10-6-31-28(21-36)19-26-18-27(20-29(37)33(26)41-31)34(44)42-32(9-15-43-16-11-35(3,45)12-17-43)25-4-5-30(40-22-25)24-7-13-39-14-8-24;1-22(2)35(37)9-6-30-27(19-35)17-25-16-26(18-28(36)32(25)41-30)33(44)42-31(8-13-43-14-10-34(3,45)11-15-43)23-4-5-29(38-20-23)24-7-12-39-40-21-24/h4-5,7-8,13-14,18-20,22-23,32,45H,6,9-12,15-17,21H2,1-3H3,(H,42,44);4-5,7,12,16-18,20-22,31,45H,6,8-11,13-15,19H2,1-3H3,(H,42,44)/t32-,36?;31-,35?/m01/s1. The van der Waals surface area contributed by atoms with Gasteiger partial charge in [-0.2, -0.15) is 10.2 Å². The molecule has 0 saturated carbocycles. The number of aliphatic hydroxyl groups is 2. The first-order valence-corrected chi connectivity index (χ1v) is 31.7. The highest BCUT2D eigenvalue weighted by atomic mass is 19.2. The van der Waals surface area contributed by atoms with Gasteiger partial charge in [0.15, 0.2) is 0 Å². The van der Waals surface area contributed by atoms with Crippen molar-refractivity contribution < 1.29 is 37.4 Å². The van der Waals surface area contributed by atoms with Gasteiger partial charge in [0.2, 0.25) is 0 Å². The molecule has 2 unspecified atom stereocenters. The Morgan fingerprint density at radius 2 is 0.989 bits per heavy atom. The summed E-state index contributed by atoms with van der Waals surface area (Å²) in [5.74, 6) is -2.24. The van der Waals surface area contributed by atoms with Crippen LogP contribution in [-0.2, 0) is 25.7 Å². The van der Waals surface area contributed by atoms with Crippen molar-refractivity contribution in [1.29, 1.82) is 0 Å². The minimum absolute atomic E-state index is 0.140. The molecule has 472 valence electrons. The third-order valence-electron chi connectivity index (χ3n) is 19.4. The topological polar surface area (TPSA) is 195 Å². The molecule has 15 nitrogen and oxygen atoms in total. The van der Waals surface area contributed by atoms with E-state index in [-0.39, 0.29) is 52.9 Å². The van der Waals surface area contributed by atoms with Crippen LogP contribution in [0.15, 0.2) is 116 Å². The van der Waals surface area contributed by atoms with Crippen molar-refractivity contribution in [1.82, 2.24) is 55.6 Å². The Bertz CT molecular complexity index is 3590. The van der Waals surface area contributed by atoms with Gasteiger partial charge in [-0.25, -0.2) is 27.5 Å². The summed E-state index contributed by atoms with van der Waals surface area (Å²) >= 11 is 0. The lowest BCUT2D eigenvalue weighted by molar-refractivity contribution is -0.00638. The maximum atomic E-state index is 15.5. The molecule has 19 heteroatoms. The minimum atomic E-state index is -1.33. The van der Waals surface area contributed by atoms with E-state index in [0.717, 1.165) is 88.9 Å². The molecule has 2 aromatic carbocycles. The lowest BCUT2D eigenvalue weighted by Crippen LogP contribution is -2.43. The van der Waals surface area contributed by atoms with Crippen molar-refractivity contribution in [3.8, 4) is 22.5 Å². The Morgan fingerprint density at radius 3 is 1.39 bits per heavy atom. The molecule has 8 aromatic rings. The fourth-order valence-electron chi connectivity index (χ4n) is 12.9. The molecule has 2 amide bonds. The number of fused-ring (bicyclic) bond motifs is 4. The molecule has 8 heterocycles. The fraction of sp³-hybridized carbons (Fsp3) is 0.451. The van der Waals surface area contributed by atoms with E-state index in [1.54, 1.807) is 61.4 Å². The third kappa shape index (κ3) is 14.9. The summed E-state index contributed by atoms with van der Waals surface area (Å²) in [6.45, 7) is 15.8. The van der Waals surface area contributed by atoms with Crippen molar-refractivity contribution in [2.45, 2.75) is 153 Å². The van der Waals surface area contributed by atoms with E-state index >= 15 is 17.6 Å². The van der Waals surface area contributed by atoms with E-state index in [4.69, 9.17) is 0 Å². The molecule has 2 fully saturated rings. The fourth-order valence-corrected chi connectivity index (χ4v) is 12.9. The number of aromatic nitrogens is 7. The van der Waals surface area contributed by atoms with Crippen LogP contribution in [0.25, 0.3) is 44.3 Å². The summed E-state index contributed by atoms with van der Waals surface area (Å²) in [5, 5.41) is 35.7. The Kier molecular flexibility index (Phi) is 18.9. The maximum absolute atomic E-state index is 15.5. The second kappa shape index (κ2) is 26.6. The lowest BCUT2D eigenvalue weighted by atomic mass is 9.77. The SMILES string of the molecule is CC(C)C1(F)CCc2nc3c(F)cc(C(=O)N[C@@H](CCN4CCC(C)(O)CC4)c4ccc(-c5ccncc5)nc4)cc3cc2C1.CC(C)C1(F)CCc2nc3c(F)cc(C(=O)N[C@H](CCN4CCC(C)(O)CC4)c4ccc(-c5ccnnc5)nc4)cc3cc2C1. The van der Waals surface area contributed by atoms with Gasteiger partial charge in [-0.3, -0.25) is 24.5 Å². The molecule has 90 heavy (non-hydrogen) atoms. The van der Waals surface area contributed by atoms with Crippen molar-refractivity contribution in [3.05, 3.63) is 172 Å². The maximum Gasteiger partial charge on any atom is 0.251 e. The zero-order valence-electron chi connectivity index (χ0n) is 52.3. The number of carbonyl (C=O) groups excluding carboxylic acids is 2. The number of amides is 2. The Labute approximate surface area is 523 Å². The Hall–Kier alpha value is -7.71. The number of nitrogens with one attached hydrogen (secondary N) is 2. The monoisotopic (exact) mass is 1230 g/mol. The molecular weight excluding hydrogens is 1150 g/mol. The molecule has 2 aliphatic heterocycles. The number of benzene rings is 2. The highest BCUT2D eigenvalue weighted by molar-refractivity contribution is 5.99. The van der Waals surface area contributed by atoms with E-state index in [0.29, 0.717) is 81.5 Å². The predicted octanol–water partition coefficient (Wildman–Crippen LogP) is 12.2. The number of alkyl halides is 2. The quantitative estimate of drug-likeness (QED) is 0.0668. The highest BCUT2D eigenvalue weighted by Crippen LogP contribution is 2.40. The highest BCUT2D eigenvalue weighted by Gasteiger charge is 2.40. The van der Waals surface area contributed by atoms with Gasteiger partial charge in [0.25, 0.3) is 11.8 Å². The molecule has 2 aliphatic carbocycles. The van der Waals surface area contributed by atoms with Crippen LogP contribution in [0.2, 0.25) is 0 Å². The zero-order valence-corrected chi connectivity index (χ0v) is 52.3. The summed E-state index contributed by atoms with van der Waals surface area (Å²) in [7, 11) is 0. The number of hydrogen-bond acceptors (Lipinski definition) is 13. The van der Waals surface area contributed by atoms with Crippen molar-refractivity contribution in [2.24, 2.45) is 11.8 Å². The van der Waals surface area contributed by atoms with Crippen LogP contribution in [-0.4, -0.2) is 129 Å². The van der Waals surface area contributed by atoms with E-state index in [9.17, 15) is 19.8 Å². The smallest absolute Gasteiger partial charge is 0.251 e. The lowest BCUT2D eigenvalue weighted by Gasteiger charge is -2.36. The summed E-state index contributed by atoms with van der Waals surface area (Å²) in [6.07, 6.45) is 16.3. The van der Waals surface area contributed by atoms with Crippen molar-refractivity contribution >= 4 is 33.6 Å². The summed E-state index contributed by atoms with van der Waals surface area (Å²) in [4.78, 5) is 54.4. The molecule has 4 aliphatic rings. The number of piperidine rings is 2. The first-order valence-electron chi connectivity index (χ1n) is 31.7. The van der Waals surface area contributed by atoms with Crippen LogP contribution >= 0.6 is 0 Å². The van der Waals surface area contributed by atoms with Gasteiger partial charge in [-0.05, 0) is 179 Å². The molecule has 0 radical (unpaired) electrons. The van der Waals surface area contributed by atoms with Gasteiger partial charge in [-0.1, -0.05) is 39.8 Å². The Morgan fingerprint density at radius 1 is 0.556 bits per heavy atom. The van der Waals surface area contributed by atoms with Crippen LogP contribution in [0.4, 0.5) is 17.6 Å². The average molecular weight is 1230 g/mol. The van der Waals surface area contributed by atoms with E-state index in [1.807, 2.05) is 84.0 Å². The number of rotatable bonds is 16.